The van der Waals surface area contributed by atoms with Gasteiger partial charge in [0.15, 0.2) is 17.5 Å². The van der Waals surface area contributed by atoms with E-state index in [0.29, 0.717) is 35.9 Å². The molecule has 4 N–H and O–H groups in total. The number of amides is 1. The lowest BCUT2D eigenvalue weighted by atomic mass is 10.0. The van der Waals surface area contributed by atoms with Crippen molar-refractivity contribution in [2.24, 2.45) is 16.5 Å². The van der Waals surface area contributed by atoms with E-state index in [-0.39, 0.29) is 23.7 Å². The molecular formula is C23H31ClN6O6. The monoisotopic (exact) mass is 522 g/mol. The molecule has 1 heterocycles. The van der Waals surface area contributed by atoms with Crippen LogP contribution in [0.3, 0.4) is 0 Å². The second-order valence-corrected chi connectivity index (χ2v) is 7.99. The van der Waals surface area contributed by atoms with Crippen molar-refractivity contribution >= 4 is 30.0 Å². The summed E-state index contributed by atoms with van der Waals surface area (Å²) in [5, 5.41) is 11.2. The molecule has 1 aliphatic heterocycles. The van der Waals surface area contributed by atoms with Gasteiger partial charge in [0.05, 0.1) is 31.8 Å². The molecule has 1 amide bonds. The molecule has 0 spiro atoms. The maximum atomic E-state index is 12.5. The first-order chi connectivity index (χ1) is 16.8. The third-order valence-corrected chi connectivity index (χ3v) is 5.80. The first-order valence-electron chi connectivity index (χ1n) is 10.9. The van der Waals surface area contributed by atoms with E-state index < -0.39 is 16.8 Å². The Morgan fingerprint density at radius 3 is 2.00 bits per heavy atom. The van der Waals surface area contributed by atoms with Crippen molar-refractivity contribution in [2.45, 2.75) is 13.1 Å². The van der Waals surface area contributed by atoms with Gasteiger partial charge in [-0.2, -0.15) is 4.99 Å². The first-order valence-corrected chi connectivity index (χ1v) is 10.9. The topological polar surface area (TPSA) is 159 Å². The Bertz CT molecular complexity index is 1120. The van der Waals surface area contributed by atoms with Gasteiger partial charge in [-0.1, -0.05) is 12.1 Å². The number of nitrogens with two attached hydrogens (primary N) is 2. The van der Waals surface area contributed by atoms with Crippen molar-refractivity contribution in [3.63, 3.8) is 0 Å². The molecule has 12 nitrogen and oxygen atoms in total. The molecule has 13 heteroatoms. The molecule has 1 saturated heterocycles. The number of halogens is 1. The van der Waals surface area contributed by atoms with Crippen LogP contribution in [0.5, 0.6) is 17.2 Å². The lowest BCUT2D eigenvalue weighted by Gasteiger charge is -2.35. The smallest absolute Gasteiger partial charge is 0.280 e. The van der Waals surface area contributed by atoms with Crippen molar-refractivity contribution < 1.29 is 23.9 Å². The van der Waals surface area contributed by atoms with Crippen molar-refractivity contribution in [3.05, 3.63) is 57.1 Å². The summed E-state index contributed by atoms with van der Waals surface area (Å²) in [6, 6.07) is 7.99. The van der Waals surface area contributed by atoms with E-state index in [0.717, 1.165) is 31.7 Å². The molecule has 0 atom stereocenters. The predicted molar refractivity (Wildman–Crippen MR) is 137 cm³/mol. The van der Waals surface area contributed by atoms with Gasteiger partial charge in [0.1, 0.15) is 0 Å². The van der Waals surface area contributed by atoms with E-state index in [4.69, 9.17) is 25.7 Å². The number of carbonyl (C=O) groups excluding carboxylic acids is 1. The molecule has 0 radical (unpaired) electrons. The van der Waals surface area contributed by atoms with Gasteiger partial charge in [0, 0.05) is 57.0 Å². The third kappa shape index (κ3) is 6.74. The number of rotatable bonds is 9. The van der Waals surface area contributed by atoms with Gasteiger partial charge in [-0.15, -0.1) is 12.4 Å². The molecule has 196 valence electrons. The lowest BCUT2D eigenvalue weighted by Crippen LogP contribution is -2.45. The Labute approximate surface area is 215 Å². The lowest BCUT2D eigenvalue weighted by molar-refractivity contribution is -0.384. The van der Waals surface area contributed by atoms with E-state index in [1.165, 1.54) is 12.1 Å². The minimum Gasteiger partial charge on any atom is -0.493 e. The number of methoxy groups -OCH3 is 3. The van der Waals surface area contributed by atoms with E-state index in [1.54, 1.807) is 27.4 Å². The van der Waals surface area contributed by atoms with Crippen molar-refractivity contribution in [3.8, 4) is 17.2 Å². The summed E-state index contributed by atoms with van der Waals surface area (Å²) in [7, 11) is 4.76. The number of guanidine groups is 1. The highest BCUT2D eigenvalue weighted by atomic mass is 35.5. The summed E-state index contributed by atoms with van der Waals surface area (Å²) < 4.78 is 16.4. The number of nitrogens with zero attached hydrogens (tertiary/aromatic N) is 4. The Balaban J connectivity index is 0.00000456. The normalized spacial score (nSPS) is 13.9. The number of piperazine rings is 1. The van der Waals surface area contributed by atoms with Crippen LogP contribution < -0.4 is 25.7 Å². The van der Waals surface area contributed by atoms with Gasteiger partial charge in [0.2, 0.25) is 5.75 Å². The summed E-state index contributed by atoms with van der Waals surface area (Å²) in [6.07, 6.45) is 0. The van der Waals surface area contributed by atoms with Crippen LogP contribution in [0, 0.1) is 10.1 Å². The maximum Gasteiger partial charge on any atom is 0.280 e. The van der Waals surface area contributed by atoms with Crippen LogP contribution in [-0.2, 0) is 13.1 Å². The molecule has 0 saturated carbocycles. The van der Waals surface area contributed by atoms with E-state index in [2.05, 4.69) is 14.8 Å². The zero-order valence-electron chi connectivity index (χ0n) is 20.4. The summed E-state index contributed by atoms with van der Waals surface area (Å²) in [5.74, 6) is 0.701. The fourth-order valence-electron chi connectivity index (χ4n) is 4.07. The Hall–Kier alpha value is -3.61. The van der Waals surface area contributed by atoms with Crippen LogP contribution in [0.2, 0.25) is 0 Å². The minimum atomic E-state index is -0.706. The SMILES string of the molecule is COc1ccc(CN2CCN(Cc3ccc([N+](=O)[O-])cc3C(=O)N=C(N)N)CC2)c(OC)c1OC.Cl. The summed E-state index contributed by atoms with van der Waals surface area (Å²) in [6.45, 7) is 4.14. The third-order valence-electron chi connectivity index (χ3n) is 5.80. The van der Waals surface area contributed by atoms with Crippen LogP contribution in [0.25, 0.3) is 0 Å². The first kappa shape index (κ1) is 28.6. The second kappa shape index (κ2) is 12.9. The highest BCUT2D eigenvalue weighted by Crippen LogP contribution is 2.40. The molecule has 2 aromatic rings. The molecule has 0 unspecified atom stereocenters. The fourth-order valence-corrected chi connectivity index (χ4v) is 4.07. The molecule has 3 rings (SSSR count). The number of hydrogen-bond acceptors (Lipinski definition) is 8. The minimum absolute atomic E-state index is 0. The van der Waals surface area contributed by atoms with Crippen molar-refractivity contribution in [1.82, 2.24) is 9.80 Å². The summed E-state index contributed by atoms with van der Waals surface area (Å²) >= 11 is 0. The van der Waals surface area contributed by atoms with Crippen molar-refractivity contribution in [2.75, 3.05) is 47.5 Å². The Morgan fingerprint density at radius 1 is 0.944 bits per heavy atom. The maximum absolute atomic E-state index is 12.5. The average Bonchev–Trinajstić information content (AvgIpc) is 2.84. The van der Waals surface area contributed by atoms with Gasteiger partial charge in [-0.05, 0) is 11.6 Å². The van der Waals surface area contributed by atoms with Gasteiger partial charge >= 0.3 is 0 Å². The average molecular weight is 523 g/mol. The number of nitro groups is 1. The number of nitro benzene ring substituents is 1. The predicted octanol–water partition coefficient (Wildman–Crippen LogP) is 1.77. The van der Waals surface area contributed by atoms with E-state index in [1.807, 2.05) is 12.1 Å². The molecule has 36 heavy (non-hydrogen) atoms. The number of aliphatic imine (C=N–C) groups is 1. The van der Waals surface area contributed by atoms with Gasteiger partial charge < -0.3 is 25.7 Å². The summed E-state index contributed by atoms with van der Waals surface area (Å²) in [4.78, 5) is 31.1. The van der Waals surface area contributed by atoms with Crippen LogP contribution >= 0.6 is 12.4 Å². The molecule has 1 fully saturated rings. The Morgan fingerprint density at radius 2 is 1.50 bits per heavy atom. The number of hydrogen-bond donors (Lipinski definition) is 2. The van der Waals surface area contributed by atoms with Gasteiger partial charge in [-0.3, -0.25) is 24.7 Å². The standard InChI is InChI=1S/C23H30N6O6.ClH/c1-33-19-7-5-16(20(34-2)21(19)35-3)14-28-10-8-27(9-11-28)13-15-4-6-17(29(31)32)12-18(15)22(30)26-23(24)25;/h4-7,12H,8-11,13-14H2,1-3H3,(H4,24,25,26,30);1H. The van der Waals surface area contributed by atoms with E-state index in [9.17, 15) is 14.9 Å². The molecule has 0 bridgehead atoms. The van der Waals surface area contributed by atoms with E-state index >= 15 is 0 Å². The largest absolute Gasteiger partial charge is 0.493 e. The zero-order chi connectivity index (χ0) is 25.5. The molecular weight excluding hydrogens is 492 g/mol. The van der Waals surface area contributed by atoms with Crippen LogP contribution in [-0.4, -0.2) is 74.1 Å². The Kier molecular flexibility index (Phi) is 10.3. The number of benzene rings is 2. The number of non-ortho nitro benzene ring substituents is 1. The van der Waals surface area contributed by atoms with Crippen LogP contribution in [0.15, 0.2) is 35.3 Å². The molecule has 1 aliphatic rings. The quantitative estimate of drug-likeness (QED) is 0.215. The molecule has 0 aliphatic carbocycles. The molecule has 0 aromatic heterocycles. The van der Waals surface area contributed by atoms with Crippen molar-refractivity contribution in [1.29, 1.82) is 0 Å². The fraction of sp³-hybridized carbons (Fsp3) is 0.391. The highest BCUT2D eigenvalue weighted by molar-refractivity contribution is 6.03. The van der Waals surface area contributed by atoms with Crippen LogP contribution in [0.4, 0.5) is 5.69 Å². The highest BCUT2D eigenvalue weighted by Gasteiger charge is 2.23. The van der Waals surface area contributed by atoms with Gasteiger partial charge in [0.25, 0.3) is 11.6 Å². The van der Waals surface area contributed by atoms with Crippen LogP contribution in [0.1, 0.15) is 21.5 Å². The number of carbonyl (C=O) groups is 1. The summed E-state index contributed by atoms with van der Waals surface area (Å²) in [5.41, 5.74) is 12.2. The second-order valence-electron chi connectivity index (χ2n) is 7.99. The number of ether oxygens (including phenoxy) is 3. The van der Waals surface area contributed by atoms with Gasteiger partial charge in [-0.25, -0.2) is 0 Å². The molecule has 2 aromatic carbocycles. The zero-order valence-corrected chi connectivity index (χ0v) is 21.2.